The molecule has 2 fully saturated rings. The number of carbonyl (C=O) groups excluding carboxylic acids is 2. The summed E-state index contributed by atoms with van der Waals surface area (Å²) < 4.78 is 5.24. The first-order chi connectivity index (χ1) is 9.58. The number of nitrogens with one attached hydrogen (secondary N) is 1. The summed E-state index contributed by atoms with van der Waals surface area (Å²) in [6, 6.07) is -0.0353. The molecule has 1 aliphatic heterocycles. The van der Waals surface area contributed by atoms with Gasteiger partial charge in [-0.05, 0) is 31.6 Å². The molecule has 20 heavy (non-hydrogen) atoms. The standard InChI is InChI=1S/C15H26N2O3/c1-11(2)10-20-15(19)17-9-5-8-13(17)14(18)16-12-6-3-4-7-12/h11-13H,3-10H2,1-2H3,(H,16,18). The van der Waals surface area contributed by atoms with Crippen molar-refractivity contribution in [3.63, 3.8) is 0 Å². The molecule has 1 N–H and O–H groups in total. The van der Waals surface area contributed by atoms with Gasteiger partial charge in [0, 0.05) is 12.6 Å². The van der Waals surface area contributed by atoms with E-state index in [9.17, 15) is 9.59 Å². The van der Waals surface area contributed by atoms with Crippen LogP contribution in [0.3, 0.4) is 0 Å². The fourth-order valence-corrected chi connectivity index (χ4v) is 2.95. The van der Waals surface area contributed by atoms with Crippen LogP contribution in [0.2, 0.25) is 0 Å². The van der Waals surface area contributed by atoms with E-state index >= 15 is 0 Å². The maximum Gasteiger partial charge on any atom is 0.410 e. The summed E-state index contributed by atoms with van der Waals surface area (Å²) in [5, 5.41) is 3.08. The Bertz CT molecular complexity index is 351. The lowest BCUT2D eigenvalue weighted by Crippen LogP contribution is -2.48. The maximum atomic E-state index is 12.3. The van der Waals surface area contributed by atoms with E-state index in [0.717, 1.165) is 25.7 Å². The number of ether oxygens (including phenoxy) is 1. The van der Waals surface area contributed by atoms with Crippen LogP contribution >= 0.6 is 0 Å². The van der Waals surface area contributed by atoms with Crippen LogP contribution in [-0.4, -0.2) is 42.1 Å². The first-order valence-electron chi connectivity index (χ1n) is 7.81. The highest BCUT2D eigenvalue weighted by atomic mass is 16.6. The van der Waals surface area contributed by atoms with Crippen LogP contribution in [-0.2, 0) is 9.53 Å². The Labute approximate surface area is 121 Å². The number of hydrogen-bond acceptors (Lipinski definition) is 3. The molecule has 0 aromatic rings. The van der Waals surface area contributed by atoms with Gasteiger partial charge in [0.05, 0.1) is 6.61 Å². The molecular formula is C15H26N2O3. The van der Waals surface area contributed by atoms with Gasteiger partial charge in [0.1, 0.15) is 6.04 Å². The average molecular weight is 282 g/mol. The molecule has 0 aromatic heterocycles. The monoisotopic (exact) mass is 282 g/mol. The third kappa shape index (κ3) is 3.87. The molecule has 2 amide bonds. The third-order valence-corrected chi connectivity index (χ3v) is 4.03. The maximum absolute atomic E-state index is 12.3. The highest BCUT2D eigenvalue weighted by Gasteiger charge is 2.36. The zero-order chi connectivity index (χ0) is 14.5. The smallest absolute Gasteiger partial charge is 0.410 e. The lowest BCUT2D eigenvalue weighted by atomic mass is 10.2. The molecule has 2 aliphatic rings. The highest BCUT2D eigenvalue weighted by molar-refractivity contribution is 5.86. The van der Waals surface area contributed by atoms with Crippen molar-refractivity contribution < 1.29 is 14.3 Å². The van der Waals surface area contributed by atoms with E-state index in [2.05, 4.69) is 5.32 Å². The number of amides is 2. The summed E-state index contributed by atoms with van der Waals surface area (Å²) >= 11 is 0. The van der Waals surface area contributed by atoms with Gasteiger partial charge in [0.15, 0.2) is 0 Å². The zero-order valence-electron chi connectivity index (χ0n) is 12.6. The van der Waals surface area contributed by atoms with Crippen molar-refractivity contribution in [3.8, 4) is 0 Å². The molecule has 0 bridgehead atoms. The van der Waals surface area contributed by atoms with Gasteiger partial charge in [0.2, 0.25) is 5.91 Å². The van der Waals surface area contributed by atoms with E-state index in [-0.39, 0.29) is 18.0 Å². The van der Waals surface area contributed by atoms with Gasteiger partial charge in [-0.3, -0.25) is 9.69 Å². The molecule has 0 spiro atoms. The van der Waals surface area contributed by atoms with Gasteiger partial charge in [0.25, 0.3) is 0 Å². The fraction of sp³-hybridized carbons (Fsp3) is 0.867. The predicted molar refractivity (Wildman–Crippen MR) is 76.3 cm³/mol. The summed E-state index contributed by atoms with van der Waals surface area (Å²) in [5.41, 5.74) is 0. The number of likely N-dealkylation sites (tertiary alicyclic amines) is 1. The summed E-state index contributed by atoms with van der Waals surface area (Å²) in [4.78, 5) is 25.9. The van der Waals surface area contributed by atoms with Crippen LogP contribution in [0, 0.1) is 5.92 Å². The zero-order valence-corrected chi connectivity index (χ0v) is 12.6. The van der Waals surface area contributed by atoms with Crippen LogP contribution in [0.1, 0.15) is 52.4 Å². The van der Waals surface area contributed by atoms with Crippen molar-refractivity contribution in [1.29, 1.82) is 0 Å². The van der Waals surface area contributed by atoms with Crippen molar-refractivity contribution in [2.45, 2.75) is 64.5 Å². The van der Waals surface area contributed by atoms with E-state index in [0.29, 0.717) is 25.1 Å². The second-order valence-corrected chi connectivity index (χ2v) is 6.31. The second kappa shape index (κ2) is 6.95. The Morgan fingerprint density at radius 1 is 1.20 bits per heavy atom. The van der Waals surface area contributed by atoms with Crippen LogP contribution in [0.25, 0.3) is 0 Å². The first kappa shape index (κ1) is 15.1. The van der Waals surface area contributed by atoms with Crippen LogP contribution < -0.4 is 5.32 Å². The molecule has 1 saturated heterocycles. The normalized spacial score (nSPS) is 23.4. The number of hydrogen-bond donors (Lipinski definition) is 1. The Morgan fingerprint density at radius 3 is 2.55 bits per heavy atom. The number of rotatable bonds is 4. The minimum absolute atomic E-state index is 0.00380. The molecule has 0 aromatic carbocycles. The largest absolute Gasteiger partial charge is 0.449 e. The second-order valence-electron chi connectivity index (χ2n) is 6.31. The minimum Gasteiger partial charge on any atom is -0.449 e. The van der Waals surface area contributed by atoms with Crippen LogP contribution in [0.4, 0.5) is 4.79 Å². The molecule has 1 aliphatic carbocycles. The molecular weight excluding hydrogens is 256 g/mol. The van der Waals surface area contributed by atoms with E-state index < -0.39 is 0 Å². The summed E-state index contributed by atoms with van der Waals surface area (Å²) in [6.45, 7) is 5.04. The number of nitrogens with zero attached hydrogens (tertiary/aromatic N) is 1. The molecule has 0 radical (unpaired) electrons. The van der Waals surface area contributed by atoms with Crippen molar-refractivity contribution in [3.05, 3.63) is 0 Å². The molecule has 1 saturated carbocycles. The van der Waals surface area contributed by atoms with Gasteiger partial charge < -0.3 is 10.1 Å². The Morgan fingerprint density at radius 2 is 1.90 bits per heavy atom. The fourth-order valence-electron chi connectivity index (χ4n) is 2.95. The number of carbonyl (C=O) groups is 2. The lowest BCUT2D eigenvalue weighted by molar-refractivity contribution is -0.125. The van der Waals surface area contributed by atoms with E-state index in [4.69, 9.17) is 4.74 Å². The third-order valence-electron chi connectivity index (χ3n) is 4.03. The van der Waals surface area contributed by atoms with E-state index in [1.54, 1.807) is 4.90 Å². The van der Waals surface area contributed by atoms with Crippen molar-refractivity contribution in [2.24, 2.45) is 5.92 Å². The molecule has 114 valence electrons. The van der Waals surface area contributed by atoms with Gasteiger partial charge in [-0.15, -0.1) is 0 Å². The predicted octanol–water partition coefficient (Wildman–Crippen LogP) is 2.30. The minimum atomic E-state index is -0.345. The molecule has 1 heterocycles. The van der Waals surface area contributed by atoms with Crippen LogP contribution in [0.5, 0.6) is 0 Å². The van der Waals surface area contributed by atoms with Gasteiger partial charge >= 0.3 is 6.09 Å². The van der Waals surface area contributed by atoms with Gasteiger partial charge in [-0.1, -0.05) is 26.7 Å². The quantitative estimate of drug-likeness (QED) is 0.860. The van der Waals surface area contributed by atoms with E-state index in [1.807, 2.05) is 13.8 Å². The molecule has 5 heteroatoms. The molecule has 5 nitrogen and oxygen atoms in total. The van der Waals surface area contributed by atoms with Crippen molar-refractivity contribution >= 4 is 12.0 Å². The average Bonchev–Trinajstić information content (AvgIpc) is 3.05. The Hall–Kier alpha value is -1.26. The summed E-state index contributed by atoms with van der Waals surface area (Å²) in [6.07, 6.45) is 5.79. The van der Waals surface area contributed by atoms with Gasteiger partial charge in [-0.2, -0.15) is 0 Å². The summed E-state index contributed by atoms with van der Waals surface area (Å²) in [7, 11) is 0. The lowest BCUT2D eigenvalue weighted by Gasteiger charge is -2.25. The highest BCUT2D eigenvalue weighted by Crippen LogP contribution is 2.21. The molecule has 1 atom stereocenters. The Kier molecular flexibility index (Phi) is 5.26. The van der Waals surface area contributed by atoms with E-state index in [1.165, 1.54) is 12.8 Å². The van der Waals surface area contributed by atoms with Crippen molar-refractivity contribution in [1.82, 2.24) is 10.2 Å². The Balaban J connectivity index is 1.85. The SMILES string of the molecule is CC(C)COC(=O)N1CCCC1C(=O)NC1CCCC1. The summed E-state index contributed by atoms with van der Waals surface area (Å²) in [5.74, 6) is 0.309. The molecule has 1 unspecified atom stereocenters. The molecule has 2 rings (SSSR count). The van der Waals surface area contributed by atoms with Crippen molar-refractivity contribution in [2.75, 3.05) is 13.2 Å². The van der Waals surface area contributed by atoms with Gasteiger partial charge in [-0.25, -0.2) is 4.79 Å². The van der Waals surface area contributed by atoms with Crippen LogP contribution in [0.15, 0.2) is 0 Å². The first-order valence-corrected chi connectivity index (χ1v) is 7.81. The topological polar surface area (TPSA) is 58.6 Å².